The Morgan fingerprint density at radius 3 is 1.03 bits per heavy atom. The molecule has 0 spiro atoms. The van der Waals surface area contributed by atoms with Crippen LogP contribution in [0.15, 0.2) is 109 Å². The van der Waals surface area contributed by atoms with Crippen LogP contribution in [0.1, 0.15) is 41.4 Å². The van der Waals surface area contributed by atoms with Crippen molar-refractivity contribution in [3.63, 3.8) is 0 Å². The molecule has 0 unspecified atom stereocenters. The summed E-state index contributed by atoms with van der Waals surface area (Å²) >= 11 is 0. The predicted molar refractivity (Wildman–Crippen MR) is 128 cm³/mol. The minimum atomic E-state index is -1.35. The summed E-state index contributed by atoms with van der Waals surface area (Å²) in [5.74, 6) is -5.05. The molecule has 7 nitrogen and oxygen atoms in total. The molecule has 0 saturated carbocycles. The minimum absolute atomic E-state index is 0.304. The van der Waals surface area contributed by atoms with Crippen molar-refractivity contribution >= 4 is 23.9 Å². The molecule has 0 amide bonds. The summed E-state index contributed by atoms with van der Waals surface area (Å²) in [7, 11) is 0. The van der Waals surface area contributed by atoms with Gasteiger partial charge >= 0.3 is 23.9 Å². The number of carbonyl (C=O) groups excluding carboxylic acids is 2. The Hall–Kier alpha value is -5.04. The topological polar surface area (TPSA) is 118 Å². The Kier molecular flexibility index (Phi) is 8.23. The van der Waals surface area contributed by atoms with E-state index < -0.39 is 23.9 Å². The smallest absolute Gasteiger partial charge is 0.346 e. The van der Waals surface area contributed by atoms with Crippen LogP contribution in [0, 0.1) is 0 Å². The fourth-order valence-corrected chi connectivity index (χ4v) is 3.15. The van der Waals surface area contributed by atoms with Crippen molar-refractivity contribution in [2.24, 2.45) is 0 Å². The van der Waals surface area contributed by atoms with Crippen LogP contribution < -0.4 is 0 Å². The lowest BCUT2D eigenvalue weighted by Crippen LogP contribution is -2.18. The number of carboxylic acid groups (broad SMARTS) is 2. The van der Waals surface area contributed by atoms with Crippen LogP contribution in [-0.4, -0.2) is 34.1 Å². The van der Waals surface area contributed by atoms with Crippen molar-refractivity contribution in [3.05, 3.63) is 131 Å². The third kappa shape index (κ3) is 6.49. The molecule has 0 bridgehead atoms. The summed E-state index contributed by atoms with van der Waals surface area (Å²) in [5, 5.41) is 18.0. The van der Waals surface area contributed by atoms with Gasteiger partial charge in [0.25, 0.3) is 0 Å². The molecule has 0 aliphatic heterocycles. The van der Waals surface area contributed by atoms with Crippen LogP contribution in [0.25, 0.3) is 11.1 Å². The maximum atomic E-state index is 12.0. The first-order valence-electron chi connectivity index (χ1n) is 10.4. The van der Waals surface area contributed by atoms with Crippen LogP contribution in [0.5, 0.6) is 0 Å². The summed E-state index contributed by atoms with van der Waals surface area (Å²) in [6, 6.07) is 31.2. The zero-order valence-corrected chi connectivity index (χ0v) is 18.3. The molecule has 4 aromatic carbocycles. The van der Waals surface area contributed by atoms with Gasteiger partial charge in [-0.3, -0.25) is 0 Å². The molecular weight excluding hydrogens is 448 g/mol. The molecule has 174 valence electrons. The third-order valence-corrected chi connectivity index (χ3v) is 4.82. The van der Waals surface area contributed by atoms with Crippen molar-refractivity contribution in [1.29, 1.82) is 0 Å². The number of ether oxygens (including phenoxy) is 1. The van der Waals surface area contributed by atoms with E-state index >= 15 is 0 Å². The molecule has 0 saturated heterocycles. The highest BCUT2D eigenvalue weighted by molar-refractivity contribution is 6.10. The number of hydrogen-bond donors (Lipinski definition) is 2. The summed E-state index contributed by atoms with van der Waals surface area (Å²) in [4.78, 5) is 46.1. The Bertz CT molecular complexity index is 1240. The molecule has 0 fully saturated rings. The largest absolute Gasteiger partial charge is 0.478 e. The molecule has 7 heteroatoms. The van der Waals surface area contributed by atoms with Gasteiger partial charge in [0.15, 0.2) is 0 Å². The standard InChI is InChI=1S/C16H10O7.C12H10/c17-13(18)9-5-1-3-7-11(9)15(21)23-16(22)12-8-4-2-6-10(12)14(19)20;1-3-7-11(8-4-1)12-9-5-2-6-10-12/h1-8H,(H,17,18)(H,19,20);1-10H. The highest BCUT2D eigenvalue weighted by Crippen LogP contribution is 2.17. The zero-order valence-electron chi connectivity index (χ0n) is 18.3. The Morgan fingerprint density at radius 1 is 0.429 bits per heavy atom. The maximum absolute atomic E-state index is 12.0. The van der Waals surface area contributed by atoms with Gasteiger partial charge in [0.05, 0.1) is 22.3 Å². The van der Waals surface area contributed by atoms with E-state index in [0.717, 1.165) is 0 Å². The molecule has 4 rings (SSSR count). The summed E-state index contributed by atoms with van der Waals surface area (Å²) in [6.07, 6.45) is 0. The molecule has 0 atom stereocenters. The molecule has 0 aliphatic rings. The first kappa shape index (κ1) is 24.6. The van der Waals surface area contributed by atoms with Crippen LogP contribution in [-0.2, 0) is 4.74 Å². The number of hydrogen-bond acceptors (Lipinski definition) is 5. The number of carbonyl (C=O) groups is 4. The second-order valence-electron chi connectivity index (χ2n) is 7.11. The summed E-state index contributed by atoms with van der Waals surface area (Å²) in [5.41, 5.74) is 1.30. The van der Waals surface area contributed by atoms with Gasteiger partial charge in [-0.25, -0.2) is 19.2 Å². The maximum Gasteiger partial charge on any atom is 0.346 e. The fourth-order valence-electron chi connectivity index (χ4n) is 3.15. The fraction of sp³-hybridized carbons (Fsp3) is 0. The van der Waals surface area contributed by atoms with E-state index in [4.69, 9.17) is 10.2 Å². The van der Waals surface area contributed by atoms with E-state index in [0.29, 0.717) is 0 Å². The van der Waals surface area contributed by atoms with Crippen LogP contribution in [0.4, 0.5) is 0 Å². The van der Waals surface area contributed by atoms with Crippen molar-refractivity contribution < 1.29 is 34.1 Å². The van der Waals surface area contributed by atoms with Crippen molar-refractivity contribution in [2.45, 2.75) is 0 Å². The Labute approximate surface area is 200 Å². The monoisotopic (exact) mass is 468 g/mol. The van der Waals surface area contributed by atoms with E-state index in [2.05, 4.69) is 53.3 Å². The Morgan fingerprint density at radius 2 is 0.714 bits per heavy atom. The van der Waals surface area contributed by atoms with Gasteiger partial charge in [0, 0.05) is 0 Å². The van der Waals surface area contributed by atoms with Gasteiger partial charge < -0.3 is 14.9 Å². The quantitative estimate of drug-likeness (QED) is 0.296. The average molecular weight is 468 g/mol. The molecule has 2 N–H and O–H groups in total. The second-order valence-corrected chi connectivity index (χ2v) is 7.11. The van der Waals surface area contributed by atoms with E-state index in [1.165, 1.54) is 59.7 Å². The number of benzene rings is 4. The molecule has 0 aromatic heterocycles. The van der Waals surface area contributed by atoms with Gasteiger partial charge in [-0.1, -0.05) is 84.9 Å². The van der Waals surface area contributed by atoms with E-state index in [-0.39, 0.29) is 22.3 Å². The van der Waals surface area contributed by atoms with Crippen molar-refractivity contribution in [2.75, 3.05) is 0 Å². The van der Waals surface area contributed by atoms with E-state index in [1.807, 2.05) is 12.1 Å². The summed E-state index contributed by atoms with van der Waals surface area (Å²) < 4.78 is 4.60. The third-order valence-electron chi connectivity index (χ3n) is 4.82. The second kappa shape index (κ2) is 11.7. The molecule has 35 heavy (non-hydrogen) atoms. The van der Waals surface area contributed by atoms with E-state index in [1.54, 1.807) is 0 Å². The SMILES string of the molecule is O=C(O)c1ccccc1C(=O)OC(=O)c1ccccc1C(=O)O.c1ccc(-c2ccccc2)cc1. The summed E-state index contributed by atoms with van der Waals surface area (Å²) in [6.45, 7) is 0. The highest BCUT2D eigenvalue weighted by Gasteiger charge is 2.23. The van der Waals surface area contributed by atoms with Crippen molar-refractivity contribution in [1.82, 2.24) is 0 Å². The number of aromatic carboxylic acids is 2. The van der Waals surface area contributed by atoms with Crippen LogP contribution in [0.2, 0.25) is 0 Å². The van der Waals surface area contributed by atoms with E-state index in [9.17, 15) is 19.2 Å². The molecular formula is C28H20O7. The normalized spacial score (nSPS) is 9.83. The van der Waals surface area contributed by atoms with Crippen LogP contribution >= 0.6 is 0 Å². The van der Waals surface area contributed by atoms with Gasteiger partial charge in [0.1, 0.15) is 0 Å². The molecule has 0 radical (unpaired) electrons. The predicted octanol–water partition coefficient (Wildman–Crippen LogP) is 5.43. The first-order chi connectivity index (χ1) is 16.9. The molecule has 4 aromatic rings. The van der Waals surface area contributed by atoms with Crippen molar-refractivity contribution in [3.8, 4) is 11.1 Å². The van der Waals surface area contributed by atoms with Gasteiger partial charge in [-0.15, -0.1) is 0 Å². The minimum Gasteiger partial charge on any atom is -0.478 e. The van der Waals surface area contributed by atoms with Crippen LogP contribution in [0.3, 0.4) is 0 Å². The van der Waals surface area contributed by atoms with Gasteiger partial charge in [-0.05, 0) is 35.4 Å². The average Bonchev–Trinajstić information content (AvgIpc) is 2.90. The molecule has 0 heterocycles. The zero-order chi connectivity index (χ0) is 25.2. The van der Waals surface area contributed by atoms with Gasteiger partial charge in [0.2, 0.25) is 0 Å². The number of rotatable bonds is 5. The lowest BCUT2D eigenvalue weighted by molar-refractivity contribution is 0.0386. The Balaban J connectivity index is 0.000000237. The molecule has 0 aliphatic carbocycles. The first-order valence-corrected chi connectivity index (χ1v) is 10.4. The lowest BCUT2D eigenvalue weighted by atomic mass is 10.1. The number of esters is 2. The van der Waals surface area contributed by atoms with Gasteiger partial charge in [-0.2, -0.15) is 0 Å². The highest BCUT2D eigenvalue weighted by atomic mass is 16.6. The number of carboxylic acids is 2. The lowest BCUT2D eigenvalue weighted by Gasteiger charge is -2.07.